The average molecular weight is 405 g/mol. The highest BCUT2D eigenvalue weighted by molar-refractivity contribution is 5.96. The number of aromatic nitrogens is 2. The van der Waals surface area contributed by atoms with E-state index >= 15 is 0 Å². The predicted octanol–water partition coefficient (Wildman–Crippen LogP) is 2.84. The van der Waals surface area contributed by atoms with Crippen LogP contribution in [0.2, 0.25) is 0 Å². The molecule has 1 aromatic heterocycles. The lowest BCUT2D eigenvalue weighted by Crippen LogP contribution is -2.24. The number of carbonyl (C=O) groups is 2. The Kier molecular flexibility index (Phi) is 5.25. The van der Waals surface area contributed by atoms with Gasteiger partial charge >= 0.3 is 0 Å². The SMILES string of the molecule is O=C(NCc1ccc(N2CCCC2=O)cc1)c1ccc(-n2ccnc2)c([N+](=O)[O-])c1. The normalized spacial score (nSPS) is 13.5. The molecule has 152 valence electrons. The largest absolute Gasteiger partial charge is 0.348 e. The molecule has 30 heavy (non-hydrogen) atoms. The van der Waals surface area contributed by atoms with Crippen LogP contribution in [-0.2, 0) is 11.3 Å². The van der Waals surface area contributed by atoms with E-state index in [1.165, 1.54) is 29.2 Å². The quantitative estimate of drug-likeness (QED) is 0.501. The standard InChI is InChI=1S/C21H19N5O4/c27-20-2-1-10-25(20)17-6-3-15(4-7-17)13-23-21(28)16-5-8-18(19(12-16)26(29)30)24-11-9-22-14-24/h3-9,11-12,14H,1-2,10,13H2,(H,23,28). The summed E-state index contributed by atoms with van der Waals surface area (Å²) in [6.45, 7) is 0.993. The van der Waals surface area contributed by atoms with Crippen LogP contribution < -0.4 is 10.2 Å². The first-order chi connectivity index (χ1) is 14.5. The highest BCUT2D eigenvalue weighted by atomic mass is 16.6. The zero-order valence-electron chi connectivity index (χ0n) is 16.0. The zero-order chi connectivity index (χ0) is 21.1. The summed E-state index contributed by atoms with van der Waals surface area (Å²) in [5, 5.41) is 14.2. The van der Waals surface area contributed by atoms with Crippen molar-refractivity contribution in [2.45, 2.75) is 19.4 Å². The van der Waals surface area contributed by atoms with Crippen molar-refractivity contribution < 1.29 is 14.5 Å². The molecule has 0 aliphatic carbocycles. The van der Waals surface area contributed by atoms with Crippen LogP contribution in [0.3, 0.4) is 0 Å². The number of anilines is 1. The Bertz CT molecular complexity index is 1090. The molecule has 1 aliphatic rings. The van der Waals surface area contributed by atoms with Crippen LogP contribution in [0, 0.1) is 10.1 Å². The molecule has 1 N–H and O–H groups in total. The second-order valence-electron chi connectivity index (χ2n) is 6.93. The lowest BCUT2D eigenvalue weighted by Gasteiger charge is -2.16. The number of rotatable bonds is 6. The molecular formula is C21H19N5O4. The van der Waals surface area contributed by atoms with Crippen molar-refractivity contribution in [3.63, 3.8) is 0 Å². The summed E-state index contributed by atoms with van der Waals surface area (Å²) in [7, 11) is 0. The van der Waals surface area contributed by atoms with Crippen molar-refractivity contribution in [1.82, 2.24) is 14.9 Å². The second kappa shape index (κ2) is 8.16. The van der Waals surface area contributed by atoms with Crippen LogP contribution in [0.25, 0.3) is 5.69 Å². The van der Waals surface area contributed by atoms with Crippen LogP contribution in [-0.4, -0.2) is 32.8 Å². The van der Waals surface area contributed by atoms with Crippen LogP contribution in [0.1, 0.15) is 28.8 Å². The molecular weight excluding hydrogens is 386 g/mol. The lowest BCUT2D eigenvalue weighted by molar-refractivity contribution is -0.384. The second-order valence-corrected chi connectivity index (χ2v) is 6.93. The van der Waals surface area contributed by atoms with E-state index in [1.54, 1.807) is 17.2 Å². The van der Waals surface area contributed by atoms with Gasteiger partial charge in [-0.2, -0.15) is 0 Å². The highest BCUT2D eigenvalue weighted by Gasteiger charge is 2.21. The first-order valence-corrected chi connectivity index (χ1v) is 9.47. The maximum atomic E-state index is 12.5. The third kappa shape index (κ3) is 3.90. The molecule has 0 spiro atoms. The first-order valence-electron chi connectivity index (χ1n) is 9.47. The molecule has 3 aromatic rings. The molecule has 2 aromatic carbocycles. The van der Waals surface area contributed by atoms with E-state index in [0.717, 1.165) is 24.2 Å². The predicted molar refractivity (Wildman–Crippen MR) is 109 cm³/mol. The van der Waals surface area contributed by atoms with Gasteiger partial charge in [-0.3, -0.25) is 19.7 Å². The van der Waals surface area contributed by atoms with Gasteiger partial charge in [-0.15, -0.1) is 0 Å². The van der Waals surface area contributed by atoms with E-state index in [4.69, 9.17) is 0 Å². The number of carbonyl (C=O) groups excluding carboxylic acids is 2. The molecule has 0 radical (unpaired) electrons. The summed E-state index contributed by atoms with van der Waals surface area (Å²) in [4.78, 5) is 40.9. The van der Waals surface area contributed by atoms with Gasteiger partial charge in [0.2, 0.25) is 5.91 Å². The van der Waals surface area contributed by atoms with Gasteiger partial charge in [-0.25, -0.2) is 4.98 Å². The Morgan fingerprint density at radius 1 is 1.20 bits per heavy atom. The summed E-state index contributed by atoms with van der Waals surface area (Å²) < 4.78 is 1.52. The molecule has 0 bridgehead atoms. The number of benzene rings is 2. The molecule has 2 heterocycles. The number of imidazole rings is 1. The maximum absolute atomic E-state index is 12.5. The van der Waals surface area contributed by atoms with Crippen molar-refractivity contribution in [2.24, 2.45) is 0 Å². The Hall–Kier alpha value is -4.01. The minimum absolute atomic E-state index is 0.122. The smallest absolute Gasteiger partial charge is 0.294 e. The number of hydrogen-bond acceptors (Lipinski definition) is 5. The monoisotopic (exact) mass is 405 g/mol. The Morgan fingerprint density at radius 2 is 2.00 bits per heavy atom. The lowest BCUT2D eigenvalue weighted by atomic mass is 10.1. The number of nitrogens with zero attached hydrogens (tertiary/aromatic N) is 4. The van der Waals surface area contributed by atoms with Crippen LogP contribution in [0.5, 0.6) is 0 Å². The van der Waals surface area contributed by atoms with Crippen molar-refractivity contribution in [2.75, 3.05) is 11.4 Å². The summed E-state index contributed by atoms with van der Waals surface area (Å²) in [5.41, 5.74) is 2.06. The molecule has 1 aliphatic heterocycles. The molecule has 2 amide bonds. The third-order valence-corrected chi connectivity index (χ3v) is 4.99. The molecule has 0 saturated carbocycles. The summed E-state index contributed by atoms with van der Waals surface area (Å²) in [6.07, 6.45) is 6.02. The Labute approximate surface area is 172 Å². The van der Waals surface area contributed by atoms with E-state index in [2.05, 4.69) is 10.3 Å². The van der Waals surface area contributed by atoms with Gasteiger partial charge in [0.15, 0.2) is 0 Å². The van der Waals surface area contributed by atoms with Crippen molar-refractivity contribution in [3.05, 3.63) is 82.4 Å². The number of hydrogen-bond donors (Lipinski definition) is 1. The fourth-order valence-corrected chi connectivity index (χ4v) is 3.43. The maximum Gasteiger partial charge on any atom is 0.294 e. The van der Waals surface area contributed by atoms with Gasteiger partial charge in [0.25, 0.3) is 11.6 Å². The Morgan fingerprint density at radius 3 is 2.63 bits per heavy atom. The van der Waals surface area contributed by atoms with Crippen LogP contribution in [0.15, 0.2) is 61.2 Å². The topological polar surface area (TPSA) is 110 Å². The third-order valence-electron chi connectivity index (χ3n) is 4.99. The molecule has 0 unspecified atom stereocenters. The van der Waals surface area contributed by atoms with E-state index in [9.17, 15) is 19.7 Å². The Balaban J connectivity index is 1.44. The first kappa shape index (κ1) is 19.3. The molecule has 9 heteroatoms. The van der Waals surface area contributed by atoms with E-state index in [1.807, 2.05) is 24.3 Å². The van der Waals surface area contributed by atoms with E-state index in [-0.39, 0.29) is 23.7 Å². The summed E-state index contributed by atoms with van der Waals surface area (Å²) >= 11 is 0. The van der Waals surface area contributed by atoms with Gasteiger partial charge in [0.1, 0.15) is 5.69 Å². The summed E-state index contributed by atoms with van der Waals surface area (Å²) in [6, 6.07) is 11.7. The van der Waals surface area contributed by atoms with Crippen molar-refractivity contribution in [1.29, 1.82) is 0 Å². The molecule has 9 nitrogen and oxygen atoms in total. The van der Waals surface area contributed by atoms with Gasteiger partial charge < -0.3 is 14.8 Å². The van der Waals surface area contributed by atoms with E-state index in [0.29, 0.717) is 12.1 Å². The van der Waals surface area contributed by atoms with Crippen molar-refractivity contribution in [3.8, 4) is 5.69 Å². The van der Waals surface area contributed by atoms with Crippen LogP contribution >= 0.6 is 0 Å². The van der Waals surface area contributed by atoms with E-state index < -0.39 is 10.8 Å². The summed E-state index contributed by atoms with van der Waals surface area (Å²) in [5.74, 6) is -0.286. The van der Waals surface area contributed by atoms with Crippen LogP contribution in [0.4, 0.5) is 11.4 Å². The number of nitro benzene ring substituents is 1. The molecule has 1 fully saturated rings. The zero-order valence-corrected chi connectivity index (χ0v) is 16.0. The molecule has 1 saturated heterocycles. The number of nitro groups is 1. The minimum atomic E-state index is -0.523. The van der Waals surface area contributed by atoms with Gasteiger partial charge in [0.05, 0.1) is 11.3 Å². The number of amides is 2. The fraction of sp³-hybridized carbons (Fsp3) is 0.190. The van der Waals surface area contributed by atoms with Gasteiger partial charge in [-0.05, 0) is 36.2 Å². The molecule has 4 rings (SSSR count). The van der Waals surface area contributed by atoms with Gasteiger partial charge in [-0.1, -0.05) is 12.1 Å². The fourth-order valence-electron chi connectivity index (χ4n) is 3.43. The van der Waals surface area contributed by atoms with Crippen molar-refractivity contribution >= 4 is 23.2 Å². The molecule has 0 atom stereocenters. The van der Waals surface area contributed by atoms with Gasteiger partial charge in [0, 0.05) is 49.2 Å². The average Bonchev–Trinajstić information content (AvgIpc) is 3.44. The minimum Gasteiger partial charge on any atom is -0.348 e. The number of nitrogens with one attached hydrogen (secondary N) is 1. The highest BCUT2D eigenvalue weighted by Crippen LogP contribution is 2.24.